The zero-order valence-electron chi connectivity index (χ0n) is 16.6. The number of anilines is 1. The molecule has 2 aromatic carbocycles. The summed E-state index contributed by atoms with van der Waals surface area (Å²) in [6, 6.07) is 13.8. The van der Waals surface area contributed by atoms with Gasteiger partial charge in [0.2, 0.25) is 0 Å². The number of nitrogens with one attached hydrogen (secondary N) is 2. The summed E-state index contributed by atoms with van der Waals surface area (Å²) >= 11 is 11.7. The Hall–Kier alpha value is -2.44. The maximum atomic E-state index is 12.4. The minimum atomic E-state index is -0.156. The van der Waals surface area contributed by atoms with Crippen molar-refractivity contribution in [2.45, 2.75) is 24.8 Å². The Labute approximate surface area is 185 Å². The molecular formula is C22H23Cl2N3O3. The predicted octanol–water partition coefficient (Wildman–Crippen LogP) is 4.58. The molecule has 3 amide bonds. The first kappa shape index (κ1) is 20.8. The van der Waals surface area contributed by atoms with E-state index in [4.69, 9.17) is 27.9 Å². The summed E-state index contributed by atoms with van der Waals surface area (Å²) in [5.41, 5.74) is 0.655. The lowest BCUT2D eigenvalue weighted by molar-refractivity contribution is -0.170. The molecule has 30 heavy (non-hydrogen) atoms. The predicted molar refractivity (Wildman–Crippen MR) is 117 cm³/mol. The van der Waals surface area contributed by atoms with E-state index in [0.29, 0.717) is 28.0 Å². The van der Waals surface area contributed by atoms with Gasteiger partial charge in [0, 0.05) is 34.9 Å². The van der Waals surface area contributed by atoms with Gasteiger partial charge in [-0.3, -0.25) is 4.79 Å². The molecular weight excluding hydrogens is 425 g/mol. The summed E-state index contributed by atoms with van der Waals surface area (Å²) < 4.78 is 5.50. The highest BCUT2D eigenvalue weighted by Gasteiger charge is 2.68. The Bertz CT molecular complexity index is 927. The molecule has 0 heterocycles. The van der Waals surface area contributed by atoms with Crippen molar-refractivity contribution in [3.63, 3.8) is 0 Å². The quantitative estimate of drug-likeness (QED) is 0.652. The van der Waals surface area contributed by atoms with Gasteiger partial charge < -0.3 is 20.3 Å². The third-order valence-corrected chi connectivity index (χ3v) is 6.25. The van der Waals surface area contributed by atoms with Gasteiger partial charge in [-0.1, -0.05) is 23.2 Å². The standard InChI is InChI=1S/C22H23Cl2N3O3/c1-27(20(29)25-17-6-2-15(23)3-7-17)14-21-11-22(12-21,13-21)26-19(28)10-30-18-8-4-16(24)5-9-18/h2-9H,10-14H2,1H3,(H,25,29)(H,26,28). The molecule has 0 radical (unpaired) electrons. The van der Waals surface area contributed by atoms with Crippen molar-refractivity contribution >= 4 is 40.8 Å². The first-order chi connectivity index (χ1) is 14.3. The van der Waals surface area contributed by atoms with Gasteiger partial charge >= 0.3 is 6.03 Å². The van der Waals surface area contributed by atoms with Crippen LogP contribution in [-0.4, -0.2) is 42.6 Å². The largest absolute Gasteiger partial charge is 0.484 e. The molecule has 158 valence electrons. The molecule has 6 nitrogen and oxygen atoms in total. The molecule has 0 aromatic heterocycles. The van der Waals surface area contributed by atoms with Crippen LogP contribution in [0.3, 0.4) is 0 Å². The van der Waals surface area contributed by atoms with E-state index in [9.17, 15) is 9.59 Å². The molecule has 3 saturated carbocycles. The van der Waals surface area contributed by atoms with Crippen LogP contribution in [-0.2, 0) is 4.79 Å². The van der Waals surface area contributed by atoms with Gasteiger partial charge in [0.15, 0.2) is 6.61 Å². The van der Waals surface area contributed by atoms with Crippen LogP contribution in [0.4, 0.5) is 10.5 Å². The van der Waals surface area contributed by atoms with Crippen LogP contribution < -0.4 is 15.4 Å². The summed E-state index contributed by atoms with van der Waals surface area (Å²) in [5.74, 6) is 0.476. The maximum Gasteiger partial charge on any atom is 0.321 e. The number of hydrogen-bond acceptors (Lipinski definition) is 3. The molecule has 3 aliphatic carbocycles. The van der Waals surface area contributed by atoms with Crippen LogP contribution in [0.5, 0.6) is 5.75 Å². The molecule has 5 rings (SSSR count). The van der Waals surface area contributed by atoms with Gasteiger partial charge in [-0.05, 0) is 73.2 Å². The van der Waals surface area contributed by atoms with Gasteiger partial charge in [-0.2, -0.15) is 0 Å². The van der Waals surface area contributed by atoms with Gasteiger partial charge in [0.05, 0.1) is 0 Å². The van der Waals surface area contributed by atoms with Crippen LogP contribution in [0, 0.1) is 5.41 Å². The number of hydrogen-bond donors (Lipinski definition) is 2. The molecule has 8 heteroatoms. The third-order valence-electron chi connectivity index (χ3n) is 5.74. The van der Waals surface area contributed by atoms with Crippen molar-refractivity contribution in [3.05, 3.63) is 58.6 Å². The Balaban J connectivity index is 1.19. The van der Waals surface area contributed by atoms with Crippen LogP contribution in [0.15, 0.2) is 48.5 Å². The smallest absolute Gasteiger partial charge is 0.321 e. The monoisotopic (exact) mass is 447 g/mol. The Morgan fingerprint density at radius 2 is 1.57 bits per heavy atom. The molecule has 3 fully saturated rings. The van der Waals surface area contributed by atoms with Crippen LogP contribution in [0.25, 0.3) is 0 Å². The zero-order chi connectivity index (χ0) is 21.4. The normalized spacial score (nSPS) is 23.6. The number of carbonyl (C=O) groups excluding carboxylic acids is 2. The number of amides is 3. The highest BCUT2D eigenvalue weighted by Crippen LogP contribution is 2.67. The second-order valence-corrected chi connectivity index (χ2v) is 9.27. The summed E-state index contributed by atoms with van der Waals surface area (Å²) in [6.45, 7) is 0.630. The van der Waals surface area contributed by atoms with Gasteiger partial charge in [0.25, 0.3) is 5.91 Å². The molecule has 0 atom stereocenters. The van der Waals surface area contributed by atoms with Crippen molar-refractivity contribution < 1.29 is 14.3 Å². The topological polar surface area (TPSA) is 70.7 Å². The lowest BCUT2D eigenvalue weighted by Crippen LogP contribution is -2.77. The molecule has 2 bridgehead atoms. The number of carbonyl (C=O) groups is 2. The molecule has 0 spiro atoms. The van der Waals surface area contributed by atoms with Crippen LogP contribution >= 0.6 is 23.2 Å². The molecule has 3 aliphatic rings. The van der Waals surface area contributed by atoms with E-state index in [1.54, 1.807) is 60.5 Å². The highest BCUT2D eigenvalue weighted by atomic mass is 35.5. The van der Waals surface area contributed by atoms with Gasteiger partial charge in [0.1, 0.15) is 5.75 Å². The molecule has 2 aromatic rings. The van der Waals surface area contributed by atoms with Crippen LogP contribution in [0.1, 0.15) is 19.3 Å². The second kappa shape index (κ2) is 8.00. The first-order valence-corrected chi connectivity index (χ1v) is 10.5. The number of nitrogens with zero attached hydrogens (tertiary/aromatic N) is 1. The Morgan fingerprint density at radius 1 is 1.00 bits per heavy atom. The fourth-order valence-electron chi connectivity index (χ4n) is 4.64. The molecule has 0 aliphatic heterocycles. The fourth-order valence-corrected chi connectivity index (χ4v) is 4.89. The van der Waals surface area contributed by atoms with E-state index in [2.05, 4.69) is 10.6 Å². The van der Waals surface area contributed by atoms with Crippen molar-refractivity contribution in [1.29, 1.82) is 0 Å². The summed E-state index contributed by atoms with van der Waals surface area (Å²) in [5, 5.41) is 7.21. The maximum absolute atomic E-state index is 12.4. The summed E-state index contributed by atoms with van der Waals surface area (Å²) in [6.07, 6.45) is 2.64. The number of benzene rings is 2. The second-order valence-electron chi connectivity index (χ2n) is 8.39. The number of halogens is 2. The van der Waals surface area contributed by atoms with E-state index in [1.807, 2.05) is 0 Å². The van der Waals surface area contributed by atoms with E-state index in [0.717, 1.165) is 19.3 Å². The van der Waals surface area contributed by atoms with Crippen molar-refractivity contribution in [1.82, 2.24) is 10.2 Å². The fraction of sp³-hybridized carbons (Fsp3) is 0.364. The zero-order valence-corrected chi connectivity index (χ0v) is 18.1. The average molecular weight is 448 g/mol. The minimum absolute atomic E-state index is 0.0280. The first-order valence-electron chi connectivity index (χ1n) is 9.74. The number of rotatable bonds is 7. The lowest BCUT2D eigenvalue weighted by Gasteiger charge is -2.71. The van der Waals surface area contributed by atoms with Crippen molar-refractivity contribution in [3.8, 4) is 5.75 Å². The van der Waals surface area contributed by atoms with Gasteiger partial charge in [-0.15, -0.1) is 0 Å². The van der Waals surface area contributed by atoms with Crippen molar-refractivity contribution in [2.75, 3.05) is 25.5 Å². The summed E-state index contributed by atoms with van der Waals surface area (Å²) in [4.78, 5) is 26.3. The van der Waals surface area contributed by atoms with Gasteiger partial charge in [-0.25, -0.2) is 4.79 Å². The van der Waals surface area contributed by atoms with Crippen LogP contribution in [0.2, 0.25) is 10.0 Å². The third kappa shape index (κ3) is 4.50. The lowest BCUT2D eigenvalue weighted by atomic mass is 9.39. The van der Waals surface area contributed by atoms with E-state index < -0.39 is 0 Å². The molecule has 0 saturated heterocycles. The van der Waals surface area contributed by atoms with E-state index in [1.165, 1.54) is 0 Å². The SMILES string of the molecule is CN(CC12CC(NC(=O)COc3ccc(Cl)cc3)(C1)C2)C(=O)Nc1ccc(Cl)cc1. The van der Waals surface area contributed by atoms with E-state index in [-0.39, 0.29) is 29.5 Å². The minimum Gasteiger partial charge on any atom is -0.484 e. The Morgan fingerprint density at radius 3 is 2.17 bits per heavy atom. The molecule has 0 unspecified atom stereocenters. The highest BCUT2D eigenvalue weighted by molar-refractivity contribution is 6.30. The van der Waals surface area contributed by atoms with E-state index >= 15 is 0 Å². The van der Waals surface area contributed by atoms with Crippen molar-refractivity contribution in [2.24, 2.45) is 5.41 Å². The summed E-state index contributed by atoms with van der Waals surface area (Å²) in [7, 11) is 1.79. The molecule has 2 N–H and O–H groups in total. The number of ether oxygens (including phenoxy) is 1. The average Bonchev–Trinajstić information content (AvgIpc) is 2.66. The number of urea groups is 1. The Kier molecular flexibility index (Phi) is 5.55.